The van der Waals surface area contributed by atoms with Crippen molar-refractivity contribution in [2.45, 2.75) is 6.18 Å². The van der Waals surface area contributed by atoms with Crippen LogP contribution in [0.15, 0.2) is 48.5 Å². The Kier molecular flexibility index (Phi) is 3.64. The molecule has 0 saturated carbocycles. The zero-order chi connectivity index (χ0) is 13.9. The van der Waals surface area contributed by atoms with Crippen molar-refractivity contribution in [1.29, 1.82) is 0 Å². The number of halogens is 3. The average molecular weight is 267 g/mol. The number of nitrogen functional groups attached to an aromatic ring is 1. The van der Waals surface area contributed by atoms with Gasteiger partial charge in [0.1, 0.15) is 5.75 Å². The van der Waals surface area contributed by atoms with E-state index in [2.05, 4.69) is 0 Å². The van der Waals surface area contributed by atoms with Crippen molar-refractivity contribution in [2.75, 3.05) is 12.3 Å². The highest BCUT2D eigenvalue weighted by molar-refractivity contribution is 5.71. The lowest BCUT2D eigenvalue weighted by Gasteiger charge is -2.13. The fourth-order valence-corrected chi connectivity index (χ4v) is 1.65. The quantitative estimate of drug-likeness (QED) is 0.856. The maximum Gasteiger partial charge on any atom is 0.422 e. The molecule has 0 saturated heterocycles. The van der Waals surface area contributed by atoms with E-state index < -0.39 is 12.8 Å². The molecule has 2 aromatic rings. The first-order valence-corrected chi connectivity index (χ1v) is 5.60. The molecule has 0 atom stereocenters. The molecule has 0 aliphatic carbocycles. The largest absolute Gasteiger partial charge is 0.483 e. The van der Waals surface area contributed by atoms with Crippen LogP contribution in [0.1, 0.15) is 0 Å². The Bertz CT molecular complexity index is 549. The molecule has 2 N–H and O–H groups in total. The maximum absolute atomic E-state index is 12.2. The minimum atomic E-state index is -4.35. The molecule has 0 bridgehead atoms. The van der Waals surface area contributed by atoms with Gasteiger partial charge in [0.25, 0.3) is 0 Å². The first-order valence-electron chi connectivity index (χ1n) is 5.60. The van der Waals surface area contributed by atoms with Crippen molar-refractivity contribution in [2.24, 2.45) is 0 Å². The molecule has 0 heterocycles. The van der Waals surface area contributed by atoms with Crippen molar-refractivity contribution < 1.29 is 17.9 Å². The van der Waals surface area contributed by atoms with Crippen LogP contribution in [0.2, 0.25) is 0 Å². The van der Waals surface area contributed by atoms with Gasteiger partial charge in [-0.3, -0.25) is 0 Å². The number of alkyl halides is 3. The monoisotopic (exact) mass is 267 g/mol. The van der Waals surface area contributed by atoms with E-state index in [9.17, 15) is 13.2 Å². The van der Waals surface area contributed by atoms with E-state index in [0.29, 0.717) is 11.3 Å². The summed E-state index contributed by atoms with van der Waals surface area (Å²) in [5.41, 5.74) is 7.53. The molecular formula is C14H12F3NO. The molecule has 0 spiro atoms. The molecule has 0 aliphatic heterocycles. The summed E-state index contributed by atoms with van der Waals surface area (Å²) in [6.45, 7) is -1.31. The summed E-state index contributed by atoms with van der Waals surface area (Å²) in [4.78, 5) is 0. The van der Waals surface area contributed by atoms with Crippen LogP contribution in [-0.2, 0) is 0 Å². The normalized spacial score (nSPS) is 11.3. The van der Waals surface area contributed by atoms with Crippen molar-refractivity contribution in [3.63, 3.8) is 0 Å². The van der Waals surface area contributed by atoms with Gasteiger partial charge in [-0.15, -0.1) is 0 Å². The smallest absolute Gasteiger partial charge is 0.422 e. The SMILES string of the molecule is Nc1ccc(-c2ccccc2OCC(F)(F)F)cc1. The van der Waals surface area contributed by atoms with Gasteiger partial charge >= 0.3 is 6.18 Å². The zero-order valence-electron chi connectivity index (χ0n) is 9.95. The predicted molar refractivity (Wildman–Crippen MR) is 67.8 cm³/mol. The molecule has 19 heavy (non-hydrogen) atoms. The number of rotatable bonds is 3. The van der Waals surface area contributed by atoms with Gasteiger partial charge in [-0.2, -0.15) is 13.2 Å². The van der Waals surface area contributed by atoms with Gasteiger partial charge in [0.05, 0.1) is 0 Å². The average Bonchev–Trinajstić information content (AvgIpc) is 2.37. The van der Waals surface area contributed by atoms with Crippen LogP contribution in [0.4, 0.5) is 18.9 Å². The summed E-state index contributed by atoms with van der Waals surface area (Å²) in [6.07, 6.45) is -4.35. The molecule has 0 unspecified atom stereocenters. The van der Waals surface area contributed by atoms with Crippen LogP contribution in [0.5, 0.6) is 5.75 Å². The Hall–Kier alpha value is -2.17. The lowest BCUT2D eigenvalue weighted by atomic mass is 10.0. The first-order chi connectivity index (χ1) is 8.96. The molecule has 0 fully saturated rings. The van der Waals surface area contributed by atoms with Gasteiger partial charge in [-0.1, -0.05) is 30.3 Å². The van der Waals surface area contributed by atoms with Crippen LogP contribution in [-0.4, -0.2) is 12.8 Å². The van der Waals surface area contributed by atoms with Gasteiger partial charge in [-0.25, -0.2) is 0 Å². The second-order valence-corrected chi connectivity index (χ2v) is 4.02. The van der Waals surface area contributed by atoms with Crippen LogP contribution in [0, 0.1) is 0 Å². The van der Waals surface area contributed by atoms with Gasteiger partial charge in [-0.05, 0) is 23.8 Å². The first kappa shape index (κ1) is 13.3. The van der Waals surface area contributed by atoms with E-state index in [1.165, 1.54) is 6.07 Å². The Morgan fingerprint density at radius 1 is 0.947 bits per heavy atom. The van der Waals surface area contributed by atoms with Crippen LogP contribution in [0.3, 0.4) is 0 Å². The number of para-hydroxylation sites is 1. The summed E-state index contributed by atoms with van der Waals surface area (Å²) in [6, 6.07) is 13.5. The highest BCUT2D eigenvalue weighted by Gasteiger charge is 2.28. The highest BCUT2D eigenvalue weighted by atomic mass is 19.4. The number of hydrogen-bond acceptors (Lipinski definition) is 2. The van der Waals surface area contributed by atoms with E-state index in [4.69, 9.17) is 10.5 Å². The topological polar surface area (TPSA) is 35.2 Å². The van der Waals surface area contributed by atoms with E-state index >= 15 is 0 Å². The Balaban J connectivity index is 2.28. The van der Waals surface area contributed by atoms with Gasteiger partial charge in [0, 0.05) is 11.3 Å². The molecule has 0 radical (unpaired) electrons. The number of nitrogens with two attached hydrogens (primary N) is 1. The lowest BCUT2D eigenvalue weighted by Crippen LogP contribution is -2.19. The van der Waals surface area contributed by atoms with Gasteiger partial charge in [0.15, 0.2) is 6.61 Å². The third kappa shape index (κ3) is 3.64. The molecule has 2 nitrogen and oxygen atoms in total. The van der Waals surface area contributed by atoms with Crippen molar-refractivity contribution in [3.8, 4) is 16.9 Å². The summed E-state index contributed by atoms with van der Waals surface area (Å²) in [7, 11) is 0. The van der Waals surface area contributed by atoms with Crippen molar-refractivity contribution in [1.82, 2.24) is 0 Å². The summed E-state index contributed by atoms with van der Waals surface area (Å²) in [5.74, 6) is 0.199. The summed E-state index contributed by atoms with van der Waals surface area (Å²) >= 11 is 0. The molecule has 5 heteroatoms. The van der Waals surface area contributed by atoms with E-state index in [1.54, 1.807) is 42.5 Å². The summed E-state index contributed by atoms with van der Waals surface area (Å²) < 4.78 is 41.4. The third-order valence-electron chi connectivity index (χ3n) is 2.50. The second kappa shape index (κ2) is 5.22. The zero-order valence-corrected chi connectivity index (χ0v) is 9.95. The minimum absolute atomic E-state index is 0.199. The third-order valence-corrected chi connectivity index (χ3v) is 2.50. The van der Waals surface area contributed by atoms with Gasteiger partial charge in [0.2, 0.25) is 0 Å². The molecule has 100 valence electrons. The fraction of sp³-hybridized carbons (Fsp3) is 0.143. The number of ether oxygens (including phenoxy) is 1. The van der Waals surface area contributed by atoms with E-state index in [-0.39, 0.29) is 5.75 Å². The number of anilines is 1. The van der Waals surface area contributed by atoms with E-state index in [0.717, 1.165) is 5.56 Å². The molecule has 0 amide bonds. The Morgan fingerprint density at radius 3 is 2.21 bits per heavy atom. The summed E-state index contributed by atoms with van der Waals surface area (Å²) in [5, 5.41) is 0. The highest BCUT2D eigenvalue weighted by Crippen LogP contribution is 2.31. The standard InChI is InChI=1S/C14H12F3NO/c15-14(16,17)9-19-13-4-2-1-3-12(13)10-5-7-11(18)8-6-10/h1-8H,9,18H2. The van der Waals surface area contributed by atoms with Crippen molar-refractivity contribution in [3.05, 3.63) is 48.5 Å². The maximum atomic E-state index is 12.2. The van der Waals surface area contributed by atoms with Crippen LogP contribution >= 0.6 is 0 Å². The molecule has 2 rings (SSSR count). The number of hydrogen-bond donors (Lipinski definition) is 1. The van der Waals surface area contributed by atoms with Crippen molar-refractivity contribution >= 4 is 5.69 Å². The van der Waals surface area contributed by atoms with Crippen LogP contribution < -0.4 is 10.5 Å². The second-order valence-electron chi connectivity index (χ2n) is 4.02. The molecule has 0 aliphatic rings. The van der Waals surface area contributed by atoms with Crippen LogP contribution in [0.25, 0.3) is 11.1 Å². The Labute approximate surface area is 108 Å². The van der Waals surface area contributed by atoms with Gasteiger partial charge < -0.3 is 10.5 Å². The molecule has 0 aromatic heterocycles. The van der Waals surface area contributed by atoms with E-state index in [1.807, 2.05) is 0 Å². The predicted octanol–water partition coefficient (Wildman–Crippen LogP) is 3.88. The Morgan fingerprint density at radius 2 is 1.58 bits per heavy atom. The fourth-order valence-electron chi connectivity index (χ4n) is 1.65. The molecular weight excluding hydrogens is 255 g/mol. The lowest BCUT2D eigenvalue weighted by molar-refractivity contribution is -0.153. The molecule has 2 aromatic carbocycles. The number of benzene rings is 2. The minimum Gasteiger partial charge on any atom is -0.483 e.